The van der Waals surface area contributed by atoms with Crippen LogP contribution >= 0.6 is 0 Å². The van der Waals surface area contributed by atoms with E-state index >= 15 is 0 Å². The van der Waals surface area contributed by atoms with Gasteiger partial charge in [0.25, 0.3) is 0 Å². The van der Waals surface area contributed by atoms with Gasteiger partial charge >= 0.3 is 0 Å². The maximum absolute atomic E-state index is 11.8. The number of hydrogen-bond acceptors (Lipinski definition) is 3. The topological polar surface area (TPSA) is 46.5 Å². The zero-order valence-corrected chi connectivity index (χ0v) is 11.0. The number of ketones is 1. The number of fused-ring (bicyclic) bond motifs is 1. The van der Waals surface area contributed by atoms with Crippen molar-refractivity contribution in [3.63, 3.8) is 0 Å². The van der Waals surface area contributed by atoms with E-state index in [2.05, 4.69) is 6.07 Å². The van der Waals surface area contributed by atoms with E-state index in [-0.39, 0.29) is 5.78 Å². The number of benzene rings is 1. The van der Waals surface area contributed by atoms with Crippen LogP contribution in [0.3, 0.4) is 0 Å². The highest BCUT2D eigenvalue weighted by atomic mass is 16.5. The van der Waals surface area contributed by atoms with Gasteiger partial charge in [-0.2, -0.15) is 0 Å². The summed E-state index contributed by atoms with van der Waals surface area (Å²) in [6, 6.07) is 6.08. The van der Waals surface area contributed by atoms with Crippen molar-refractivity contribution in [2.45, 2.75) is 45.1 Å². The molecule has 0 aromatic heterocycles. The second-order valence-electron chi connectivity index (χ2n) is 5.09. The number of aryl methyl sites for hydroxylation is 1. The van der Waals surface area contributed by atoms with Crippen LogP contribution in [0.1, 0.15) is 37.8 Å². The second-order valence-corrected chi connectivity index (χ2v) is 5.09. The SMILES string of the molecule is CCC(C)(O)C(=O)CCc1ccc2c(c1)CCO2. The molecule has 0 fully saturated rings. The van der Waals surface area contributed by atoms with Gasteiger partial charge in [-0.25, -0.2) is 0 Å². The average Bonchev–Trinajstić information content (AvgIpc) is 2.83. The smallest absolute Gasteiger partial charge is 0.164 e. The van der Waals surface area contributed by atoms with Crippen LogP contribution in [0, 0.1) is 0 Å². The molecule has 0 spiro atoms. The first-order valence-corrected chi connectivity index (χ1v) is 6.53. The maximum Gasteiger partial charge on any atom is 0.164 e. The van der Waals surface area contributed by atoms with E-state index in [1.165, 1.54) is 5.56 Å². The van der Waals surface area contributed by atoms with Gasteiger partial charge in [0.05, 0.1) is 6.61 Å². The first kappa shape index (κ1) is 13.1. The summed E-state index contributed by atoms with van der Waals surface area (Å²) < 4.78 is 5.44. The lowest BCUT2D eigenvalue weighted by atomic mass is 9.93. The number of hydrogen-bond donors (Lipinski definition) is 1. The molecule has 0 amide bonds. The Balaban J connectivity index is 1.97. The lowest BCUT2D eigenvalue weighted by molar-refractivity contribution is -0.135. The van der Waals surface area contributed by atoms with Crippen molar-refractivity contribution in [2.75, 3.05) is 6.61 Å². The Hall–Kier alpha value is -1.35. The van der Waals surface area contributed by atoms with Crippen LogP contribution in [-0.4, -0.2) is 23.1 Å². The van der Waals surface area contributed by atoms with E-state index in [0.717, 1.165) is 24.3 Å². The van der Waals surface area contributed by atoms with Gasteiger partial charge in [-0.15, -0.1) is 0 Å². The molecule has 0 saturated heterocycles. The van der Waals surface area contributed by atoms with E-state index in [1.807, 2.05) is 19.1 Å². The fourth-order valence-electron chi connectivity index (χ4n) is 2.12. The highest BCUT2D eigenvalue weighted by molar-refractivity contribution is 5.86. The third kappa shape index (κ3) is 2.72. The number of carbonyl (C=O) groups excluding carboxylic acids is 1. The fraction of sp³-hybridized carbons (Fsp3) is 0.533. The Morgan fingerprint density at radius 1 is 1.50 bits per heavy atom. The summed E-state index contributed by atoms with van der Waals surface area (Å²) in [7, 11) is 0. The van der Waals surface area contributed by atoms with Crippen molar-refractivity contribution in [1.29, 1.82) is 0 Å². The molecule has 3 heteroatoms. The molecule has 2 rings (SSSR count). The van der Waals surface area contributed by atoms with Gasteiger partial charge < -0.3 is 9.84 Å². The van der Waals surface area contributed by atoms with Crippen LogP contribution in [0.4, 0.5) is 0 Å². The Labute approximate surface area is 108 Å². The molecule has 1 unspecified atom stereocenters. The summed E-state index contributed by atoms with van der Waals surface area (Å²) in [6.07, 6.45) is 2.48. The van der Waals surface area contributed by atoms with Gasteiger partial charge in [0.15, 0.2) is 5.78 Å². The quantitative estimate of drug-likeness (QED) is 0.869. The molecule has 98 valence electrons. The first-order chi connectivity index (χ1) is 8.53. The van der Waals surface area contributed by atoms with Crippen LogP contribution in [0.2, 0.25) is 0 Å². The van der Waals surface area contributed by atoms with Crippen LogP contribution in [0.15, 0.2) is 18.2 Å². The molecule has 1 aromatic rings. The minimum atomic E-state index is -1.18. The Morgan fingerprint density at radius 3 is 3.00 bits per heavy atom. The fourth-order valence-corrected chi connectivity index (χ4v) is 2.12. The van der Waals surface area contributed by atoms with Crippen LogP contribution in [0.5, 0.6) is 5.75 Å². The highest BCUT2D eigenvalue weighted by Gasteiger charge is 2.26. The zero-order chi connectivity index (χ0) is 13.2. The van der Waals surface area contributed by atoms with E-state index in [9.17, 15) is 9.90 Å². The predicted octanol–water partition coefficient (Wildman–Crippen LogP) is 2.28. The van der Waals surface area contributed by atoms with Gasteiger partial charge in [-0.3, -0.25) is 4.79 Å². The second kappa shape index (κ2) is 5.11. The van der Waals surface area contributed by atoms with E-state index in [0.29, 0.717) is 19.3 Å². The molecule has 0 saturated carbocycles. The van der Waals surface area contributed by atoms with E-state index in [1.54, 1.807) is 6.92 Å². The molecule has 1 aliphatic rings. The normalized spacial score (nSPS) is 16.8. The number of aliphatic hydroxyl groups is 1. The number of carbonyl (C=O) groups is 1. The van der Waals surface area contributed by atoms with E-state index < -0.39 is 5.60 Å². The van der Waals surface area contributed by atoms with Crippen molar-refractivity contribution in [3.8, 4) is 5.75 Å². The highest BCUT2D eigenvalue weighted by Crippen LogP contribution is 2.26. The third-order valence-corrected chi connectivity index (χ3v) is 3.68. The molecule has 0 radical (unpaired) electrons. The maximum atomic E-state index is 11.8. The molecule has 1 N–H and O–H groups in total. The molecule has 1 atom stereocenters. The number of Topliss-reactive ketones (excluding diaryl/α,β-unsaturated/α-hetero) is 1. The van der Waals surface area contributed by atoms with Gasteiger partial charge in [-0.05, 0) is 37.0 Å². The van der Waals surface area contributed by atoms with Crippen LogP contribution in [-0.2, 0) is 17.6 Å². The van der Waals surface area contributed by atoms with Gasteiger partial charge in [0, 0.05) is 12.8 Å². The molecule has 0 bridgehead atoms. The largest absolute Gasteiger partial charge is 0.493 e. The molecule has 1 heterocycles. The van der Waals surface area contributed by atoms with Crippen molar-refractivity contribution < 1.29 is 14.6 Å². The van der Waals surface area contributed by atoms with E-state index in [4.69, 9.17) is 4.74 Å². The molecular formula is C15H20O3. The average molecular weight is 248 g/mol. The standard InChI is InChI=1S/C15H20O3/c1-3-15(2,17)14(16)7-5-11-4-6-13-12(10-11)8-9-18-13/h4,6,10,17H,3,5,7-9H2,1-2H3. The van der Waals surface area contributed by atoms with Crippen molar-refractivity contribution in [1.82, 2.24) is 0 Å². The molecule has 0 aliphatic carbocycles. The molecule has 1 aromatic carbocycles. The van der Waals surface area contributed by atoms with Gasteiger partial charge in [0.1, 0.15) is 11.4 Å². The lowest BCUT2D eigenvalue weighted by Gasteiger charge is -2.19. The van der Waals surface area contributed by atoms with Crippen molar-refractivity contribution in [3.05, 3.63) is 29.3 Å². The number of rotatable bonds is 5. The zero-order valence-electron chi connectivity index (χ0n) is 11.0. The molecule has 18 heavy (non-hydrogen) atoms. The Morgan fingerprint density at radius 2 is 2.28 bits per heavy atom. The summed E-state index contributed by atoms with van der Waals surface area (Å²) in [4.78, 5) is 11.8. The van der Waals surface area contributed by atoms with Crippen molar-refractivity contribution in [2.24, 2.45) is 0 Å². The monoisotopic (exact) mass is 248 g/mol. The summed E-state index contributed by atoms with van der Waals surface area (Å²) in [5.41, 5.74) is 1.18. The summed E-state index contributed by atoms with van der Waals surface area (Å²) >= 11 is 0. The minimum Gasteiger partial charge on any atom is -0.493 e. The lowest BCUT2D eigenvalue weighted by Crippen LogP contribution is -2.34. The summed E-state index contributed by atoms with van der Waals surface area (Å²) in [6.45, 7) is 4.17. The predicted molar refractivity (Wildman–Crippen MR) is 69.9 cm³/mol. The molecule has 3 nitrogen and oxygen atoms in total. The Bertz CT molecular complexity index is 449. The molecule has 1 aliphatic heterocycles. The number of ether oxygens (including phenoxy) is 1. The van der Waals surface area contributed by atoms with Gasteiger partial charge in [-0.1, -0.05) is 19.1 Å². The van der Waals surface area contributed by atoms with Crippen molar-refractivity contribution >= 4 is 5.78 Å². The Kier molecular flexibility index (Phi) is 3.71. The van der Waals surface area contributed by atoms with Crippen LogP contribution < -0.4 is 4.74 Å². The van der Waals surface area contributed by atoms with Crippen LogP contribution in [0.25, 0.3) is 0 Å². The van der Waals surface area contributed by atoms with Gasteiger partial charge in [0.2, 0.25) is 0 Å². The minimum absolute atomic E-state index is 0.0817. The summed E-state index contributed by atoms with van der Waals surface area (Å²) in [5.74, 6) is 0.882. The summed E-state index contributed by atoms with van der Waals surface area (Å²) in [5, 5.41) is 9.86. The molecular weight excluding hydrogens is 228 g/mol. The third-order valence-electron chi connectivity index (χ3n) is 3.68. The first-order valence-electron chi connectivity index (χ1n) is 6.53.